The van der Waals surface area contributed by atoms with Gasteiger partial charge in [0.15, 0.2) is 4.32 Å². The molecule has 0 saturated carbocycles. The summed E-state index contributed by atoms with van der Waals surface area (Å²) in [5, 5.41) is 10.8. The van der Waals surface area contributed by atoms with E-state index in [1.807, 2.05) is 36.4 Å². The lowest BCUT2D eigenvalue weighted by molar-refractivity contribution is -0.384. The lowest BCUT2D eigenvalue weighted by atomic mass is 10.2. The number of nitrogens with zero attached hydrogens (tertiary/aromatic N) is 4. The first-order valence-electron chi connectivity index (χ1n) is 13.3. The first kappa shape index (κ1) is 28.7. The molecular weight excluding hydrogens is 560 g/mol. The van der Waals surface area contributed by atoms with E-state index in [1.165, 1.54) is 28.8 Å². The quantitative estimate of drug-likeness (QED) is 0.0954. The Labute approximate surface area is 248 Å². The second kappa shape index (κ2) is 13.3. The highest BCUT2D eigenvalue weighted by Crippen LogP contribution is 2.37. The summed E-state index contributed by atoms with van der Waals surface area (Å²) >= 11 is 6.79. The molecule has 3 aromatic rings. The third kappa shape index (κ3) is 7.50. The van der Waals surface area contributed by atoms with Crippen LogP contribution in [0.4, 0.5) is 11.4 Å². The van der Waals surface area contributed by atoms with Crippen LogP contribution in [-0.2, 0) is 4.79 Å². The van der Waals surface area contributed by atoms with Crippen LogP contribution in [0, 0.1) is 10.1 Å². The molecule has 2 saturated heterocycles. The number of thiocarbonyl (C=S) groups is 1. The number of ether oxygens (including phenoxy) is 2. The van der Waals surface area contributed by atoms with Gasteiger partial charge in [0.1, 0.15) is 17.2 Å². The van der Waals surface area contributed by atoms with Gasteiger partial charge < -0.3 is 19.3 Å². The van der Waals surface area contributed by atoms with Gasteiger partial charge in [-0.1, -0.05) is 36.1 Å². The van der Waals surface area contributed by atoms with Gasteiger partial charge in [0.25, 0.3) is 11.6 Å². The SMILES string of the molecule is CN1CCN(CCCOc2ccc(N3C(=O)C(=Cc4ccc(Oc5ccc([N+](=O)[O-])cc5)cc4)SC3=S)cc2)CC1. The highest BCUT2D eigenvalue weighted by Gasteiger charge is 2.33. The number of carbonyl (C=O) groups is 1. The zero-order valence-electron chi connectivity index (χ0n) is 22.6. The zero-order valence-corrected chi connectivity index (χ0v) is 24.2. The van der Waals surface area contributed by atoms with Crippen molar-refractivity contribution in [1.82, 2.24) is 9.80 Å². The van der Waals surface area contributed by atoms with Gasteiger partial charge >= 0.3 is 0 Å². The molecule has 0 spiro atoms. The number of benzene rings is 3. The van der Waals surface area contributed by atoms with Crippen LogP contribution < -0.4 is 14.4 Å². The van der Waals surface area contributed by atoms with E-state index in [0.717, 1.165) is 50.5 Å². The van der Waals surface area contributed by atoms with Gasteiger partial charge in [-0.25, -0.2) is 0 Å². The molecule has 11 heteroatoms. The van der Waals surface area contributed by atoms with Crippen LogP contribution in [0.15, 0.2) is 77.7 Å². The van der Waals surface area contributed by atoms with E-state index in [0.29, 0.717) is 33.0 Å². The summed E-state index contributed by atoms with van der Waals surface area (Å²) in [6.07, 6.45) is 2.77. The number of nitro groups is 1. The highest BCUT2D eigenvalue weighted by atomic mass is 32.2. The molecule has 3 aromatic carbocycles. The Morgan fingerprint density at radius 3 is 2.17 bits per heavy atom. The molecule has 2 heterocycles. The van der Waals surface area contributed by atoms with Crippen LogP contribution in [0.1, 0.15) is 12.0 Å². The number of thioether (sulfide) groups is 1. The molecule has 0 aliphatic carbocycles. The Morgan fingerprint density at radius 2 is 1.54 bits per heavy atom. The van der Waals surface area contributed by atoms with Gasteiger partial charge in [0.2, 0.25) is 0 Å². The molecule has 5 rings (SSSR count). The summed E-state index contributed by atoms with van der Waals surface area (Å²) in [6.45, 7) is 6.11. The van der Waals surface area contributed by atoms with Gasteiger partial charge in [-0.15, -0.1) is 0 Å². The van der Waals surface area contributed by atoms with Gasteiger partial charge in [0.05, 0.1) is 22.1 Å². The fraction of sp³-hybridized carbons (Fsp3) is 0.267. The maximum atomic E-state index is 13.2. The molecule has 0 radical (unpaired) electrons. The standard InChI is InChI=1S/C30H30N4O5S2/c1-31-16-18-32(19-17-31)15-2-20-38-25-11-5-23(6-12-25)33-29(35)28(41-30(33)40)21-22-3-9-26(10-4-22)39-27-13-7-24(8-14-27)34(36)37/h3-14,21H,2,15-20H2,1H3. The highest BCUT2D eigenvalue weighted by molar-refractivity contribution is 8.27. The molecule has 0 atom stereocenters. The molecule has 41 heavy (non-hydrogen) atoms. The van der Waals surface area contributed by atoms with Crippen molar-refractivity contribution in [2.45, 2.75) is 6.42 Å². The largest absolute Gasteiger partial charge is 0.494 e. The minimum absolute atomic E-state index is 0.00135. The predicted molar refractivity (Wildman–Crippen MR) is 166 cm³/mol. The number of amides is 1. The fourth-order valence-electron chi connectivity index (χ4n) is 4.49. The number of carbonyl (C=O) groups excluding carboxylic acids is 1. The third-order valence-corrected chi connectivity index (χ3v) is 8.14. The molecule has 1 amide bonds. The lowest BCUT2D eigenvalue weighted by Gasteiger charge is -2.32. The summed E-state index contributed by atoms with van der Waals surface area (Å²) in [6, 6.07) is 20.6. The van der Waals surface area contributed by atoms with Gasteiger partial charge in [-0.05, 0) is 73.6 Å². The zero-order chi connectivity index (χ0) is 28.8. The molecule has 0 N–H and O–H groups in total. The van der Waals surface area contributed by atoms with Crippen molar-refractivity contribution < 1.29 is 19.2 Å². The van der Waals surface area contributed by atoms with Crippen LogP contribution in [0.3, 0.4) is 0 Å². The molecule has 0 unspecified atom stereocenters. The number of anilines is 1. The Bertz CT molecular complexity index is 1420. The number of non-ortho nitro benzene ring substituents is 1. The molecule has 0 aromatic heterocycles. The topological polar surface area (TPSA) is 88.4 Å². The molecule has 2 aliphatic rings. The summed E-state index contributed by atoms with van der Waals surface area (Å²) < 4.78 is 12.2. The number of nitro benzene ring substituents is 1. The summed E-state index contributed by atoms with van der Waals surface area (Å²) in [5.41, 5.74) is 1.52. The lowest BCUT2D eigenvalue weighted by Crippen LogP contribution is -2.44. The third-order valence-electron chi connectivity index (χ3n) is 6.83. The fourth-order valence-corrected chi connectivity index (χ4v) is 5.79. The van der Waals surface area contributed by atoms with E-state index < -0.39 is 4.92 Å². The molecule has 0 bridgehead atoms. The average Bonchev–Trinajstić information content (AvgIpc) is 3.25. The Balaban J connectivity index is 1.14. The van der Waals surface area contributed by atoms with E-state index in [2.05, 4.69) is 16.8 Å². The first-order chi connectivity index (χ1) is 19.9. The summed E-state index contributed by atoms with van der Waals surface area (Å²) in [7, 11) is 2.16. The van der Waals surface area contributed by atoms with Crippen molar-refractivity contribution in [2.75, 3.05) is 51.3 Å². The van der Waals surface area contributed by atoms with Crippen molar-refractivity contribution in [2.24, 2.45) is 0 Å². The normalized spacial score (nSPS) is 17.3. The first-order valence-corrected chi connectivity index (χ1v) is 14.5. The maximum Gasteiger partial charge on any atom is 0.270 e. The van der Waals surface area contributed by atoms with Gasteiger partial charge in [-0.3, -0.25) is 19.8 Å². The van der Waals surface area contributed by atoms with Crippen LogP contribution >= 0.6 is 24.0 Å². The number of rotatable bonds is 10. The van der Waals surface area contributed by atoms with Crippen molar-refractivity contribution in [1.29, 1.82) is 0 Å². The van der Waals surface area contributed by atoms with Crippen LogP contribution in [-0.4, -0.2) is 71.3 Å². The van der Waals surface area contributed by atoms with E-state index >= 15 is 0 Å². The monoisotopic (exact) mass is 590 g/mol. The van der Waals surface area contributed by atoms with Crippen LogP contribution in [0.25, 0.3) is 6.08 Å². The maximum absolute atomic E-state index is 13.2. The van der Waals surface area contributed by atoms with Crippen molar-refractivity contribution in [3.8, 4) is 17.2 Å². The second-order valence-electron chi connectivity index (χ2n) is 9.78. The Morgan fingerprint density at radius 1 is 0.927 bits per heavy atom. The van der Waals surface area contributed by atoms with Crippen LogP contribution in [0.2, 0.25) is 0 Å². The Kier molecular flexibility index (Phi) is 9.30. The van der Waals surface area contributed by atoms with E-state index in [1.54, 1.807) is 30.3 Å². The molecule has 2 fully saturated rings. The smallest absolute Gasteiger partial charge is 0.270 e. The number of likely N-dealkylation sites (N-methyl/N-ethyl adjacent to an activating group) is 1. The summed E-state index contributed by atoms with van der Waals surface area (Å²) in [5.74, 6) is 1.66. The minimum Gasteiger partial charge on any atom is -0.494 e. The van der Waals surface area contributed by atoms with Gasteiger partial charge in [-0.2, -0.15) is 0 Å². The second-order valence-corrected chi connectivity index (χ2v) is 11.5. The van der Waals surface area contributed by atoms with Crippen molar-refractivity contribution in [3.05, 3.63) is 93.4 Å². The average molecular weight is 591 g/mol. The molecule has 2 aliphatic heterocycles. The summed E-state index contributed by atoms with van der Waals surface area (Å²) in [4.78, 5) is 30.5. The number of piperazine rings is 1. The molecule has 9 nitrogen and oxygen atoms in total. The van der Waals surface area contributed by atoms with Crippen LogP contribution in [0.5, 0.6) is 17.2 Å². The molecular formula is C30H30N4O5S2. The minimum atomic E-state index is -0.456. The molecule has 212 valence electrons. The van der Waals surface area contributed by atoms with Crippen molar-refractivity contribution >= 4 is 51.7 Å². The van der Waals surface area contributed by atoms with Crippen molar-refractivity contribution in [3.63, 3.8) is 0 Å². The van der Waals surface area contributed by atoms with Gasteiger partial charge in [0, 0.05) is 44.9 Å². The van der Waals surface area contributed by atoms with E-state index in [-0.39, 0.29) is 11.6 Å². The van der Waals surface area contributed by atoms with E-state index in [4.69, 9.17) is 21.7 Å². The van der Waals surface area contributed by atoms with E-state index in [9.17, 15) is 14.9 Å². The number of hydrogen-bond donors (Lipinski definition) is 0. The predicted octanol–water partition coefficient (Wildman–Crippen LogP) is 5.81. The Hall–Kier alpha value is -3.77. The number of hydrogen-bond acceptors (Lipinski definition) is 9.